The number of carbonyl (C=O) groups excluding carboxylic acids is 2. The molecule has 0 aliphatic rings. The molecule has 20 heavy (non-hydrogen) atoms. The molecule has 0 aliphatic carbocycles. The monoisotopic (exact) mass is 278 g/mol. The van der Waals surface area contributed by atoms with Crippen LogP contribution in [0.3, 0.4) is 0 Å². The van der Waals surface area contributed by atoms with Crippen molar-refractivity contribution < 1.29 is 23.3 Å². The minimum absolute atomic E-state index is 0.0578. The number of hydrogen-bond acceptors (Lipinski definition) is 6. The lowest BCUT2D eigenvalue weighted by Crippen LogP contribution is -2.26. The summed E-state index contributed by atoms with van der Waals surface area (Å²) in [6.07, 6.45) is 1.48. The Morgan fingerprint density at radius 3 is 2.95 bits per heavy atom. The molecule has 1 N–H and O–H groups in total. The smallest absolute Gasteiger partial charge is 0.307 e. The van der Waals surface area contributed by atoms with E-state index in [1.807, 2.05) is 0 Å². The van der Waals surface area contributed by atoms with Gasteiger partial charge in [0.15, 0.2) is 5.76 Å². The fourth-order valence-electron chi connectivity index (χ4n) is 1.49. The molecule has 2 aromatic heterocycles. The van der Waals surface area contributed by atoms with E-state index < -0.39 is 5.97 Å². The summed E-state index contributed by atoms with van der Waals surface area (Å²) in [7, 11) is 0. The van der Waals surface area contributed by atoms with Crippen molar-refractivity contribution in [1.82, 2.24) is 10.5 Å². The van der Waals surface area contributed by atoms with Gasteiger partial charge in [-0.25, -0.2) is 0 Å². The van der Waals surface area contributed by atoms with Crippen LogP contribution in [0.2, 0.25) is 0 Å². The third kappa shape index (κ3) is 3.98. The summed E-state index contributed by atoms with van der Waals surface area (Å²) >= 11 is 0. The number of carbonyl (C=O) groups is 2. The van der Waals surface area contributed by atoms with Gasteiger partial charge in [-0.3, -0.25) is 9.59 Å². The summed E-state index contributed by atoms with van der Waals surface area (Å²) in [5.74, 6) is 0.0681. The van der Waals surface area contributed by atoms with Gasteiger partial charge in [-0.1, -0.05) is 5.16 Å². The number of hydrogen-bond donors (Lipinski definition) is 1. The van der Waals surface area contributed by atoms with Gasteiger partial charge < -0.3 is 19.0 Å². The summed E-state index contributed by atoms with van der Waals surface area (Å²) in [4.78, 5) is 22.9. The molecule has 1 amide bonds. The number of esters is 1. The summed E-state index contributed by atoms with van der Waals surface area (Å²) in [6.45, 7) is 1.99. The number of rotatable bonds is 6. The molecule has 7 heteroatoms. The predicted molar refractivity (Wildman–Crippen MR) is 66.7 cm³/mol. The fraction of sp³-hybridized carbons (Fsp3) is 0.308. The highest BCUT2D eigenvalue weighted by Gasteiger charge is 2.10. The van der Waals surface area contributed by atoms with Crippen LogP contribution in [0.25, 0.3) is 0 Å². The largest absolute Gasteiger partial charge is 0.459 e. The Kier molecular flexibility index (Phi) is 4.54. The molecule has 0 unspecified atom stereocenters. The third-order valence-corrected chi connectivity index (χ3v) is 2.42. The first-order valence-electron chi connectivity index (χ1n) is 6.04. The fourth-order valence-corrected chi connectivity index (χ4v) is 1.49. The highest BCUT2D eigenvalue weighted by atomic mass is 16.5. The first kappa shape index (κ1) is 13.9. The van der Waals surface area contributed by atoms with Crippen LogP contribution in [0.15, 0.2) is 33.4 Å². The number of aromatic nitrogens is 1. The van der Waals surface area contributed by atoms with Gasteiger partial charge in [0.25, 0.3) is 5.91 Å². The Bertz CT molecular complexity index is 573. The van der Waals surface area contributed by atoms with E-state index in [4.69, 9.17) is 13.7 Å². The molecule has 106 valence electrons. The SMILES string of the molecule is Cc1cc(COC(=O)CCNC(=O)c2ccco2)no1. The van der Waals surface area contributed by atoms with Crippen LogP contribution in [0, 0.1) is 6.92 Å². The molecule has 0 saturated heterocycles. The number of ether oxygens (including phenoxy) is 1. The first-order valence-corrected chi connectivity index (χ1v) is 6.04. The standard InChI is InChI=1S/C13H14N2O5/c1-9-7-10(15-20-9)8-19-12(16)4-5-14-13(17)11-3-2-6-18-11/h2-3,6-7H,4-5,8H2,1H3,(H,14,17). The van der Waals surface area contributed by atoms with Crippen molar-refractivity contribution in [3.8, 4) is 0 Å². The van der Waals surface area contributed by atoms with Gasteiger partial charge in [0.1, 0.15) is 18.1 Å². The number of amides is 1. The quantitative estimate of drug-likeness (QED) is 0.803. The van der Waals surface area contributed by atoms with Crippen molar-refractivity contribution in [3.05, 3.63) is 41.7 Å². The Morgan fingerprint density at radius 1 is 1.45 bits per heavy atom. The van der Waals surface area contributed by atoms with Crippen LogP contribution >= 0.6 is 0 Å². The van der Waals surface area contributed by atoms with Crippen molar-refractivity contribution in [1.29, 1.82) is 0 Å². The molecule has 0 radical (unpaired) electrons. The van der Waals surface area contributed by atoms with E-state index >= 15 is 0 Å². The average Bonchev–Trinajstić information content (AvgIpc) is 3.07. The van der Waals surface area contributed by atoms with E-state index in [0.29, 0.717) is 11.5 Å². The molecular weight excluding hydrogens is 264 g/mol. The highest BCUT2D eigenvalue weighted by molar-refractivity contribution is 5.91. The zero-order chi connectivity index (χ0) is 14.4. The van der Waals surface area contributed by atoms with Crippen LogP contribution in [-0.4, -0.2) is 23.6 Å². The minimum Gasteiger partial charge on any atom is -0.459 e. The summed E-state index contributed by atoms with van der Waals surface area (Å²) in [5, 5.41) is 6.25. The number of aryl methyl sites for hydroxylation is 1. The topological polar surface area (TPSA) is 94.6 Å². The maximum Gasteiger partial charge on any atom is 0.307 e. The minimum atomic E-state index is -0.426. The molecule has 7 nitrogen and oxygen atoms in total. The van der Waals surface area contributed by atoms with Gasteiger partial charge in [0.2, 0.25) is 0 Å². The molecular formula is C13H14N2O5. The van der Waals surface area contributed by atoms with Gasteiger partial charge in [-0.05, 0) is 19.1 Å². The van der Waals surface area contributed by atoms with Gasteiger partial charge in [0, 0.05) is 12.6 Å². The summed E-state index contributed by atoms with van der Waals surface area (Å²) in [5.41, 5.74) is 0.551. The Morgan fingerprint density at radius 2 is 2.30 bits per heavy atom. The number of nitrogens with zero attached hydrogens (tertiary/aromatic N) is 1. The molecule has 2 rings (SSSR count). The van der Waals surface area contributed by atoms with Gasteiger partial charge in [-0.15, -0.1) is 0 Å². The zero-order valence-corrected chi connectivity index (χ0v) is 10.9. The lowest BCUT2D eigenvalue weighted by molar-refractivity contribution is -0.144. The van der Waals surface area contributed by atoms with Crippen LogP contribution < -0.4 is 5.32 Å². The Balaban J connectivity index is 1.64. The van der Waals surface area contributed by atoms with E-state index in [2.05, 4.69) is 10.5 Å². The lowest BCUT2D eigenvalue weighted by atomic mass is 10.3. The molecule has 0 fully saturated rings. The highest BCUT2D eigenvalue weighted by Crippen LogP contribution is 2.03. The molecule has 0 saturated carbocycles. The van der Waals surface area contributed by atoms with Crippen molar-refractivity contribution in [2.75, 3.05) is 6.54 Å². The summed E-state index contributed by atoms with van der Waals surface area (Å²) in [6, 6.07) is 4.84. The van der Waals surface area contributed by atoms with Gasteiger partial charge in [-0.2, -0.15) is 0 Å². The van der Waals surface area contributed by atoms with E-state index in [9.17, 15) is 9.59 Å². The van der Waals surface area contributed by atoms with Gasteiger partial charge in [0.05, 0.1) is 12.7 Å². The van der Waals surface area contributed by atoms with E-state index in [-0.39, 0.29) is 31.2 Å². The van der Waals surface area contributed by atoms with Crippen LogP contribution in [-0.2, 0) is 16.1 Å². The zero-order valence-electron chi connectivity index (χ0n) is 10.9. The number of nitrogens with one attached hydrogen (secondary N) is 1. The molecule has 0 aromatic carbocycles. The normalized spacial score (nSPS) is 10.2. The predicted octanol–water partition coefficient (Wildman–Crippen LogP) is 1.44. The van der Waals surface area contributed by atoms with E-state index in [0.717, 1.165) is 0 Å². The van der Waals surface area contributed by atoms with Crippen LogP contribution in [0.5, 0.6) is 0 Å². The first-order chi connectivity index (χ1) is 9.65. The van der Waals surface area contributed by atoms with E-state index in [1.54, 1.807) is 25.1 Å². The van der Waals surface area contributed by atoms with Crippen molar-refractivity contribution in [3.63, 3.8) is 0 Å². The third-order valence-electron chi connectivity index (χ3n) is 2.42. The van der Waals surface area contributed by atoms with Crippen molar-refractivity contribution in [2.24, 2.45) is 0 Å². The Labute approximate surface area is 114 Å². The molecule has 0 spiro atoms. The second kappa shape index (κ2) is 6.55. The number of furan rings is 1. The Hall–Kier alpha value is -2.57. The molecule has 0 bridgehead atoms. The average molecular weight is 278 g/mol. The molecule has 2 aromatic rings. The van der Waals surface area contributed by atoms with Gasteiger partial charge >= 0.3 is 5.97 Å². The van der Waals surface area contributed by atoms with Crippen LogP contribution in [0.1, 0.15) is 28.4 Å². The van der Waals surface area contributed by atoms with Crippen molar-refractivity contribution >= 4 is 11.9 Å². The van der Waals surface area contributed by atoms with Crippen LogP contribution in [0.4, 0.5) is 0 Å². The molecule has 0 atom stereocenters. The van der Waals surface area contributed by atoms with Crippen molar-refractivity contribution in [2.45, 2.75) is 20.0 Å². The molecule has 2 heterocycles. The van der Waals surface area contributed by atoms with E-state index in [1.165, 1.54) is 6.26 Å². The lowest BCUT2D eigenvalue weighted by Gasteiger charge is -2.03. The second-order valence-electron chi connectivity index (χ2n) is 4.07. The summed E-state index contributed by atoms with van der Waals surface area (Å²) < 4.78 is 14.7. The second-order valence-corrected chi connectivity index (χ2v) is 4.07. The molecule has 0 aliphatic heterocycles. The maximum atomic E-state index is 11.5. The maximum absolute atomic E-state index is 11.5.